The number of rotatable bonds is 3. The van der Waals surface area contributed by atoms with Gasteiger partial charge in [-0.05, 0) is 42.8 Å². The van der Waals surface area contributed by atoms with Crippen LogP contribution in [-0.2, 0) is 4.79 Å². The number of aryl methyl sites for hydroxylation is 1. The van der Waals surface area contributed by atoms with Gasteiger partial charge >= 0.3 is 0 Å². The third kappa shape index (κ3) is 2.77. The number of anilines is 1. The third-order valence-electron chi connectivity index (χ3n) is 4.95. The van der Waals surface area contributed by atoms with Crippen LogP contribution < -0.4 is 14.4 Å². The number of ether oxygens (including phenoxy) is 2. The maximum absolute atomic E-state index is 14.3. The van der Waals surface area contributed by atoms with Gasteiger partial charge in [-0.1, -0.05) is 11.2 Å². The molecule has 8 heteroatoms. The fraction of sp³-hybridized carbons (Fsp3) is 0.250. The first-order valence-electron chi connectivity index (χ1n) is 8.88. The Morgan fingerprint density at radius 1 is 1.14 bits per heavy atom. The van der Waals surface area contributed by atoms with E-state index in [1.54, 1.807) is 37.3 Å². The lowest BCUT2D eigenvalue weighted by Gasteiger charge is -2.17. The molecule has 2 aliphatic rings. The number of hydrogen-bond donors (Lipinski definition) is 0. The number of nitrogens with zero attached hydrogens (tertiary/aromatic N) is 3. The van der Waals surface area contributed by atoms with Crippen molar-refractivity contribution >= 4 is 11.6 Å². The molecule has 5 rings (SSSR count). The Balaban J connectivity index is 1.38. The van der Waals surface area contributed by atoms with Gasteiger partial charge in [0.05, 0.1) is 5.69 Å². The summed E-state index contributed by atoms with van der Waals surface area (Å²) in [5.74, 6) is 1.21. The van der Waals surface area contributed by atoms with Gasteiger partial charge in [0.25, 0.3) is 5.89 Å². The molecule has 1 amide bonds. The van der Waals surface area contributed by atoms with Gasteiger partial charge in [0.15, 0.2) is 17.3 Å². The van der Waals surface area contributed by atoms with Crippen LogP contribution in [0.5, 0.6) is 11.5 Å². The standard InChI is InChI=1S/C20H16FN3O4/c1-11-2-4-15(14(21)6-11)24-9-13(8-18(24)25)19-22-20(28-23-19)12-3-5-16-17(7-12)27-10-26-16/h2-7,13H,8-10H2,1H3. The van der Waals surface area contributed by atoms with Crippen molar-refractivity contribution in [2.24, 2.45) is 0 Å². The lowest BCUT2D eigenvalue weighted by molar-refractivity contribution is -0.117. The first-order valence-corrected chi connectivity index (χ1v) is 8.88. The number of halogens is 1. The number of carbonyl (C=O) groups is 1. The second-order valence-corrected chi connectivity index (χ2v) is 6.89. The van der Waals surface area contributed by atoms with Gasteiger partial charge in [0.2, 0.25) is 12.7 Å². The van der Waals surface area contributed by atoms with E-state index in [0.717, 1.165) is 5.56 Å². The average Bonchev–Trinajstić information content (AvgIpc) is 3.40. The molecule has 1 saturated heterocycles. The molecule has 0 aliphatic carbocycles. The van der Waals surface area contributed by atoms with E-state index in [1.165, 1.54) is 11.0 Å². The van der Waals surface area contributed by atoms with E-state index in [2.05, 4.69) is 10.1 Å². The Kier molecular flexibility index (Phi) is 3.78. The molecule has 3 aromatic rings. The molecule has 0 spiro atoms. The summed E-state index contributed by atoms with van der Waals surface area (Å²) >= 11 is 0. The molecule has 142 valence electrons. The highest BCUT2D eigenvalue weighted by Gasteiger charge is 2.35. The van der Waals surface area contributed by atoms with Crippen molar-refractivity contribution in [1.82, 2.24) is 10.1 Å². The molecule has 28 heavy (non-hydrogen) atoms. The van der Waals surface area contributed by atoms with Crippen molar-refractivity contribution in [2.45, 2.75) is 19.3 Å². The summed E-state index contributed by atoms with van der Waals surface area (Å²) in [6.07, 6.45) is 0.202. The Hall–Kier alpha value is -3.42. The van der Waals surface area contributed by atoms with E-state index in [-0.39, 0.29) is 30.7 Å². The van der Waals surface area contributed by atoms with Crippen molar-refractivity contribution in [2.75, 3.05) is 18.2 Å². The Morgan fingerprint density at radius 2 is 2.00 bits per heavy atom. The summed E-state index contributed by atoms with van der Waals surface area (Å²) in [6.45, 7) is 2.29. The van der Waals surface area contributed by atoms with Crippen LogP contribution in [0.15, 0.2) is 40.9 Å². The minimum Gasteiger partial charge on any atom is -0.454 e. The van der Waals surface area contributed by atoms with E-state index in [1.807, 2.05) is 0 Å². The zero-order valence-corrected chi connectivity index (χ0v) is 15.0. The lowest BCUT2D eigenvalue weighted by Crippen LogP contribution is -2.25. The van der Waals surface area contributed by atoms with Crippen LogP contribution in [0.25, 0.3) is 11.5 Å². The van der Waals surface area contributed by atoms with E-state index in [4.69, 9.17) is 14.0 Å². The van der Waals surface area contributed by atoms with Crippen molar-refractivity contribution in [3.63, 3.8) is 0 Å². The van der Waals surface area contributed by atoms with Gasteiger partial charge in [-0.15, -0.1) is 0 Å². The fourth-order valence-electron chi connectivity index (χ4n) is 3.49. The molecule has 3 heterocycles. The van der Waals surface area contributed by atoms with Crippen LogP contribution in [0.3, 0.4) is 0 Å². The molecule has 7 nitrogen and oxygen atoms in total. The summed E-state index contributed by atoms with van der Waals surface area (Å²) in [4.78, 5) is 18.3. The molecule has 2 aromatic carbocycles. The summed E-state index contributed by atoms with van der Waals surface area (Å²) in [5, 5.41) is 4.04. The normalized spacial score (nSPS) is 18.1. The number of carbonyl (C=O) groups excluding carboxylic acids is 1. The van der Waals surface area contributed by atoms with Crippen molar-refractivity contribution in [3.05, 3.63) is 53.6 Å². The van der Waals surface area contributed by atoms with Gasteiger partial charge < -0.3 is 18.9 Å². The second-order valence-electron chi connectivity index (χ2n) is 6.89. The Labute approximate surface area is 159 Å². The van der Waals surface area contributed by atoms with E-state index >= 15 is 0 Å². The van der Waals surface area contributed by atoms with Crippen LogP contribution in [0, 0.1) is 12.7 Å². The molecular weight excluding hydrogens is 365 g/mol. The third-order valence-corrected chi connectivity index (χ3v) is 4.95. The molecule has 1 atom stereocenters. The SMILES string of the molecule is Cc1ccc(N2CC(c3noc(-c4ccc5c(c4)OCO5)n3)CC2=O)c(F)c1. The molecule has 0 bridgehead atoms. The molecule has 1 unspecified atom stereocenters. The molecule has 0 N–H and O–H groups in total. The van der Waals surface area contributed by atoms with Gasteiger partial charge in [-0.25, -0.2) is 4.39 Å². The fourth-order valence-corrected chi connectivity index (χ4v) is 3.49. The predicted molar refractivity (Wildman–Crippen MR) is 96.7 cm³/mol. The zero-order chi connectivity index (χ0) is 19.3. The molecule has 2 aliphatic heterocycles. The van der Waals surface area contributed by atoms with E-state index in [0.29, 0.717) is 35.3 Å². The van der Waals surface area contributed by atoms with Crippen LogP contribution in [0.1, 0.15) is 23.7 Å². The molecule has 1 aromatic heterocycles. The minimum atomic E-state index is -0.414. The second kappa shape index (κ2) is 6.33. The zero-order valence-electron chi connectivity index (χ0n) is 15.0. The maximum atomic E-state index is 14.3. The quantitative estimate of drug-likeness (QED) is 0.692. The Morgan fingerprint density at radius 3 is 2.86 bits per heavy atom. The van der Waals surface area contributed by atoms with Crippen molar-refractivity contribution in [3.8, 4) is 23.0 Å². The smallest absolute Gasteiger partial charge is 0.258 e. The summed E-state index contributed by atoms with van der Waals surface area (Å²) in [5.41, 5.74) is 1.78. The molecule has 0 radical (unpaired) electrons. The highest BCUT2D eigenvalue weighted by Crippen LogP contribution is 2.37. The maximum Gasteiger partial charge on any atom is 0.258 e. The highest BCUT2D eigenvalue weighted by molar-refractivity contribution is 5.96. The monoisotopic (exact) mass is 381 g/mol. The summed E-state index contributed by atoms with van der Waals surface area (Å²) in [7, 11) is 0. The largest absolute Gasteiger partial charge is 0.454 e. The lowest BCUT2D eigenvalue weighted by atomic mass is 10.1. The van der Waals surface area contributed by atoms with E-state index < -0.39 is 5.82 Å². The van der Waals surface area contributed by atoms with Gasteiger partial charge in [0, 0.05) is 24.4 Å². The number of amides is 1. The predicted octanol–water partition coefficient (Wildman–Crippen LogP) is 3.43. The van der Waals surface area contributed by atoms with Crippen LogP contribution in [0.4, 0.5) is 10.1 Å². The molecule has 1 fully saturated rings. The van der Waals surface area contributed by atoms with E-state index in [9.17, 15) is 9.18 Å². The topological polar surface area (TPSA) is 77.7 Å². The minimum absolute atomic E-state index is 0.165. The summed E-state index contributed by atoms with van der Waals surface area (Å²) in [6, 6.07) is 10.2. The number of benzene rings is 2. The van der Waals surface area contributed by atoms with Gasteiger partial charge in [-0.2, -0.15) is 4.98 Å². The highest BCUT2D eigenvalue weighted by atomic mass is 19.1. The first kappa shape index (κ1) is 16.7. The number of aromatic nitrogens is 2. The molecular formula is C20H16FN3O4. The van der Waals surface area contributed by atoms with Crippen LogP contribution >= 0.6 is 0 Å². The molecule has 0 saturated carbocycles. The summed E-state index contributed by atoms with van der Waals surface area (Å²) < 4.78 is 30.3. The van der Waals surface area contributed by atoms with Crippen molar-refractivity contribution < 1.29 is 23.2 Å². The Bertz CT molecular complexity index is 1080. The number of hydrogen-bond acceptors (Lipinski definition) is 6. The van der Waals surface area contributed by atoms with Gasteiger partial charge in [0.1, 0.15) is 5.82 Å². The first-order chi connectivity index (χ1) is 13.6. The van der Waals surface area contributed by atoms with Crippen LogP contribution in [0.2, 0.25) is 0 Å². The average molecular weight is 381 g/mol. The number of fused-ring (bicyclic) bond motifs is 1. The van der Waals surface area contributed by atoms with Crippen molar-refractivity contribution in [1.29, 1.82) is 0 Å². The van der Waals surface area contributed by atoms with Crippen LogP contribution in [-0.4, -0.2) is 29.4 Å². The van der Waals surface area contributed by atoms with Gasteiger partial charge in [-0.3, -0.25) is 4.79 Å².